The van der Waals surface area contributed by atoms with Gasteiger partial charge in [-0.1, -0.05) is 35.3 Å². The fourth-order valence-corrected chi connectivity index (χ4v) is 3.56. The van der Waals surface area contributed by atoms with Gasteiger partial charge in [0.1, 0.15) is 6.61 Å². The van der Waals surface area contributed by atoms with Gasteiger partial charge in [0.15, 0.2) is 11.5 Å². The summed E-state index contributed by atoms with van der Waals surface area (Å²) in [6.07, 6.45) is 1.79. The van der Waals surface area contributed by atoms with E-state index in [1.54, 1.807) is 25.4 Å². The second kappa shape index (κ2) is 13.3. The van der Waals surface area contributed by atoms with E-state index in [0.29, 0.717) is 41.2 Å². The molecule has 0 fully saturated rings. The standard InChI is InChI=1S/C21H19BrCl2N2O2.2ClH/c1-27-20-10-15(11-25-12-16-4-2-3-7-26-16)8-17(22)21(20)28-13-14-5-6-18(23)19(24)9-14;;/h2-10,25H,11-13H2,1H3;2*1H. The van der Waals surface area contributed by atoms with Crippen molar-refractivity contribution in [2.24, 2.45) is 0 Å². The first-order chi connectivity index (χ1) is 13.6. The highest BCUT2D eigenvalue weighted by Crippen LogP contribution is 2.37. The van der Waals surface area contributed by atoms with Crippen LogP contribution in [0.15, 0.2) is 59.2 Å². The molecule has 1 heterocycles. The van der Waals surface area contributed by atoms with Crippen LogP contribution in [-0.2, 0) is 19.7 Å². The van der Waals surface area contributed by atoms with Gasteiger partial charge in [-0.05, 0) is 63.5 Å². The second-order valence-corrected chi connectivity index (χ2v) is 7.74. The van der Waals surface area contributed by atoms with E-state index in [0.717, 1.165) is 21.3 Å². The molecule has 3 rings (SSSR count). The number of nitrogens with one attached hydrogen (secondary N) is 1. The van der Waals surface area contributed by atoms with Gasteiger partial charge in [0.05, 0.1) is 27.3 Å². The first-order valence-electron chi connectivity index (χ1n) is 8.60. The Morgan fingerprint density at radius 3 is 2.43 bits per heavy atom. The summed E-state index contributed by atoms with van der Waals surface area (Å²) in [4.78, 5) is 4.31. The SMILES string of the molecule is COc1cc(CNCc2ccccn2)cc(Br)c1OCc1ccc(Cl)c(Cl)c1.Cl.Cl. The summed E-state index contributed by atoms with van der Waals surface area (Å²) in [5, 5.41) is 4.40. The minimum absolute atomic E-state index is 0. The average Bonchev–Trinajstić information content (AvgIpc) is 2.70. The summed E-state index contributed by atoms with van der Waals surface area (Å²) < 4.78 is 12.3. The Kier molecular flexibility index (Phi) is 11.9. The van der Waals surface area contributed by atoms with E-state index < -0.39 is 0 Å². The molecule has 0 bridgehead atoms. The molecule has 4 nitrogen and oxygen atoms in total. The van der Waals surface area contributed by atoms with E-state index in [1.165, 1.54) is 0 Å². The fraction of sp³-hybridized carbons (Fsp3) is 0.190. The largest absolute Gasteiger partial charge is 0.493 e. The van der Waals surface area contributed by atoms with Gasteiger partial charge in [0.25, 0.3) is 0 Å². The predicted molar refractivity (Wildman–Crippen MR) is 131 cm³/mol. The lowest BCUT2D eigenvalue weighted by Crippen LogP contribution is -2.13. The van der Waals surface area contributed by atoms with Gasteiger partial charge < -0.3 is 14.8 Å². The maximum Gasteiger partial charge on any atom is 0.175 e. The molecule has 1 aromatic heterocycles. The highest BCUT2D eigenvalue weighted by atomic mass is 79.9. The smallest absolute Gasteiger partial charge is 0.175 e. The van der Waals surface area contributed by atoms with Crippen molar-refractivity contribution in [2.75, 3.05) is 7.11 Å². The van der Waals surface area contributed by atoms with Crippen molar-refractivity contribution in [3.8, 4) is 11.5 Å². The van der Waals surface area contributed by atoms with Crippen LogP contribution in [0, 0.1) is 0 Å². The predicted octanol–water partition coefficient (Wildman–Crippen LogP) is 6.87. The third-order valence-corrected chi connectivity index (χ3v) is 5.35. The lowest BCUT2D eigenvalue weighted by molar-refractivity contribution is 0.282. The van der Waals surface area contributed by atoms with Crippen molar-refractivity contribution >= 4 is 63.9 Å². The minimum atomic E-state index is 0. The van der Waals surface area contributed by atoms with Crippen LogP contribution in [0.4, 0.5) is 0 Å². The number of benzene rings is 2. The maximum absolute atomic E-state index is 6.07. The van der Waals surface area contributed by atoms with Crippen LogP contribution in [0.3, 0.4) is 0 Å². The number of halogens is 5. The Bertz CT molecular complexity index is 946. The van der Waals surface area contributed by atoms with Gasteiger partial charge in [-0.15, -0.1) is 24.8 Å². The van der Waals surface area contributed by atoms with Crippen LogP contribution in [0.25, 0.3) is 0 Å². The topological polar surface area (TPSA) is 43.4 Å². The van der Waals surface area contributed by atoms with Crippen LogP contribution in [-0.4, -0.2) is 12.1 Å². The van der Waals surface area contributed by atoms with Crippen molar-refractivity contribution in [2.45, 2.75) is 19.7 Å². The zero-order chi connectivity index (χ0) is 19.9. The van der Waals surface area contributed by atoms with Crippen LogP contribution in [0.5, 0.6) is 11.5 Å². The minimum Gasteiger partial charge on any atom is -0.493 e. The highest BCUT2D eigenvalue weighted by Gasteiger charge is 2.12. The van der Waals surface area contributed by atoms with Crippen molar-refractivity contribution in [3.05, 3.63) is 86.1 Å². The molecule has 0 radical (unpaired) electrons. The van der Waals surface area contributed by atoms with Gasteiger partial charge in [-0.2, -0.15) is 0 Å². The molecule has 0 aliphatic carbocycles. The lowest BCUT2D eigenvalue weighted by atomic mass is 10.2. The van der Waals surface area contributed by atoms with Gasteiger partial charge in [-0.3, -0.25) is 4.98 Å². The molecule has 162 valence electrons. The molecular weight excluding hydrogens is 534 g/mol. The number of methoxy groups -OCH3 is 1. The molecule has 3 aromatic rings. The Morgan fingerprint density at radius 1 is 0.967 bits per heavy atom. The normalized spacial score (nSPS) is 10.0. The van der Waals surface area contributed by atoms with Crippen molar-refractivity contribution in [1.29, 1.82) is 0 Å². The zero-order valence-corrected chi connectivity index (χ0v) is 20.8. The molecule has 2 aromatic carbocycles. The van der Waals surface area contributed by atoms with Crippen LogP contribution in [0.2, 0.25) is 10.0 Å². The van der Waals surface area contributed by atoms with Gasteiger partial charge in [0, 0.05) is 19.3 Å². The molecule has 1 N–H and O–H groups in total. The van der Waals surface area contributed by atoms with Gasteiger partial charge in [-0.25, -0.2) is 0 Å². The monoisotopic (exact) mass is 552 g/mol. The molecule has 0 atom stereocenters. The van der Waals surface area contributed by atoms with Crippen LogP contribution < -0.4 is 14.8 Å². The molecule has 9 heteroatoms. The van der Waals surface area contributed by atoms with E-state index in [1.807, 2.05) is 36.4 Å². The van der Waals surface area contributed by atoms with Crippen LogP contribution in [0.1, 0.15) is 16.8 Å². The zero-order valence-electron chi connectivity index (χ0n) is 16.0. The summed E-state index contributed by atoms with van der Waals surface area (Å²) >= 11 is 15.6. The number of aromatic nitrogens is 1. The molecule has 30 heavy (non-hydrogen) atoms. The van der Waals surface area contributed by atoms with Crippen molar-refractivity contribution in [3.63, 3.8) is 0 Å². The Labute approximate surface area is 207 Å². The summed E-state index contributed by atoms with van der Waals surface area (Å²) in [6, 6.07) is 15.3. The average molecular weight is 555 g/mol. The number of hydrogen-bond donors (Lipinski definition) is 1. The molecule has 0 saturated heterocycles. The van der Waals surface area contributed by atoms with Crippen molar-refractivity contribution < 1.29 is 9.47 Å². The Morgan fingerprint density at radius 2 is 1.77 bits per heavy atom. The van der Waals surface area contributed by atoms with E-state index in [4.69, 9.17) is 32.7 Å². The maximum atomic E-state index is 6.07. The Balaban J connectivity index is 0.00000225. The number of pyridine rings is 1. The van der Waals surface area contributed by atoms with Gasteiger partial charge >= 0.3 is 0 Å². The summed E-state index contributed by atoms with van der Waals surface area (Å²) in [5.41, 5.74) is 2.99. The quantitative estimate of drug-likeness (QED) is 0.330. The third kappa shape index (κ3) is 7.49. The van der Waals surface area contributed by atoms with E-state index >= 15 is 0 Å². The molecular formula is C21H21BrCl4N2O2. The molecule has 0 saturated carbocycles. The summed E-state index contributed by atoms with van der Waals surface area (Å²) in [5.74, 6) is 1.30. The number of ether oxygens (including phenoxy) is 2. The third-order valence-electron chi connectivity index (χ3n) is 4.02. The van der Waals surface area contributed by atoms with Gasteiger partial charge in [0.2, 0.25) is 0 Å². The first kappa shape index (κ1) is 26.8. The van der Waals surface area contributed by atoms with E-state index in [2.05, 4.69) is 26.2 Å². The fourth-order valence-electron chi connectivity index (χ4n) is 2.64. The number of rotatable bonds is 8. The first-order valence-corrected chi connectivity index (χ1v) is 10.2. The highest BCUT2D eigenvalue weighted by molar-refractivity contribution is 9.10. The summed E-state index contributed by atoms with van der Waals surface area (Å²) in [7, 11) is 1.62. The lowest BCUT2D eigenvalue weighted by Gasteiger charge is -2.15. The molecule has 0 aliphatic heterocycles. The number of hydrogen-bond acceptors (Lipinski definition) is 4. The van der Waals surface area contributed by atoms with E-state index in [9.17, 15) is 0 Å². The van der Waals surface area contributed by atoms with Crippen LogP contribution >= 0.6 is 63.9 Å². The van der Waals surface area contributed by atoms with E-state index in [-0.39, 0.29) is 24.8 Å². The second-order valence-electron chi connectivity index (χ2n) is 6.07. The molecule has 0 amide bonds. The molecule has 0 unspecified atom stereocenters. The molecule has 0 spiro atoms. The molecule has 0 aliphatic rings. The van der Waals surface area contributed by atoms with Crippen molar-refractivity contribution in [1.82, 2.24) is 10.3 Å². The Hall–Kier alpha value is -1.21. The number of nitrogens with zero attached hydrogens (tertiary/aromatic N) is 1. The summed E-state index contributed by atoms with van der Waals surface area (Å²) in [6.45, 7) is 1.72.